The van der Waals surface area contributed by atoms with E-state index >= 15 is 0 Å². The van der Waals surface area contributed by atoms with Crippen LogP contribution in [0.2, 0.25) is 0 Å². The lowest BCUT2D eigenvalue weighted by Gasteiger charge is -1.98. The second-order valence-electron chi connectivity index (χ2n) is 3.57. The van der Waals surface area contributed by atoms with Gasteiger partial charge in [-0.2, -0.15) is 4.40 Å². The lowest BCUT2D eigenvalue weighted by Crippen LogP contribution is -1.91. The molecule has 0 spiro atoms. The number of benzene rings is 2. The molecule has 2 aromatic carbocycles. The van der Waals surface area contributed by atoms with Crippen molar-refractivity contribution in [1.29, 1.82) is 0 Å². The summed E-state index contributed by atoms with van der Waals surface area (Å²) in [6.45, 7) is 0. The molecule has 0 saturated heterocycles. The predicted octanol–water partition coefficient (Wildman–Crippen LogP) is 2.22. The van der Waals surface area contributed by atoms with E-state index in [0.717, 1.165) is 22.6 Å². The number of sulfonamides is 1. The third-order valence-corrected chi connectivity index (χ3v) is 2.66. The van der Waals surface area contributed by atoms with Gasteiger partial charge >= 0.3 is 0 Å². The molecular formula is C12H11NO2S. The molecule has 0 aromatic heterocycles. The second kappa shape index (κ2) is 4.06. The van der Waals surface area contributed by atoms with Crippen molar-refractivity contribution >= 4 is 27.0 Å². The van der Waals surface area contributed by atoms with E-state index in [1.807, 2.05) is 42.5 Å². The highest BCUT2D eigenvalue weighted by Gasteiger charge is 1.96. The molecule has 0 saturated carbocycles. The van der Waals surface area contributed by atoms with Crippen LogP contribution in [0.1, 0.15) is 5.56 Å². The quantitative estimate of drug-likeness (QED) is 0.747. The minimum Gasteiger partial charge on any atom is -0.205 e. The van der Waals surface area contributed by atoms with Gasteiger partial charge in [-0.3, -0.25) is 0 Å². The van der Waals surface area contributed by atoms with Crippen LogP contribution >= 0.6 is 0 Å². The zero-order chi connectivity index (χ0) is 11.6. The zero-order valence-corrected chi connectivity index (χ0v) is 9.61. The standard InChI is InChI=1S/C12H11NO2S/c1-16(14,15)13-9-10-6-7-11-4-2-3-5-12(11)8-10/h2-9H,1H3/b13-9+. The molecule has 0 atom stereocenters. The highest BCUT2D eigenvalue weighted by molar-refractivity contribution is 7.89. The average Bonchev–Trinajstić information content (AvgIpc) is 2.25. The first-order valence-electron chi connectivity index (χ1n) is 4.79. The first kappa shape index (κ1) is 10.8. The smallest absolute Gasteiger partial charge is 0.205 e. The topological polar surface area (TPSA) is 46.5 Å². The molecule has 0 unspecified atom stereocenters. The van der Waals surface area contributed by atoms with Gasteiger partial charge in [-0.1, -0.05) is 36.4 Å². The Kier molecular flexibility index (Phi) is 2.75. The third-order valence-electron chi connectivity index (χ3n) is 2.17. The number of rotatable bonds is 2. The van der Waals surface area contributed by atoms with E-state index in [1.165, 1.54) is 6.21 Å². The maximum absolute atomic E-state index is 10.9. The lowest BCUT2D eigenvalue weighted by molar-refractivity contribution is 0.604. The zero-order valence-electron chi connectivity index (χ0n) is 8.79. The van der Waals surface area contributed by atoms with Crippen molar-refractivity contribution < 1.29 is 8.42 Å². The highest BCUT2D eigenvalue weighted by Crippen LogP contribution is 2.14. The first-order valence-corrected chi connectivity index (χ1v) is 6.63. The van der Waals surface area contributed by atoms with Crippen LogP contribution in [-0.4, -0.2) is 20.9 Å². The van der Waals surface area contributed by atoms with Crippen molar-refractivity contribution in [1.82, 2.24) is 0 Å². The molecule has 3 nitrogen and oxygen atoms in total. The second-order valence-corrected chi connectivity index (χ2v) is 5.25. The summed E-state index contributed by atoms with van der Waals surface area (Å²) in [6, 6.07) is 13.6. The molecule has 0 bridgehead atoms. The van der Waals surface area contributed by atoms with Crippen molar-refractivity contribution in [3.8, 4) is 0 Å². The van der Waals surface area contributed by atoms with E-state index in [2.05, 4.69) is 4.40 Å². The molecule has 4 heteroatoms. The molecule has 0 N–H and O–H groups in total. The maximum Gasteiger partial charge on any atom is 0.250 e. The van der Waals surface area contributed by atoms with Crippen LogP contribution in [0.4, 0.5) is 0 Å². The average molecular weight is 233 g/mol. The van der Waals surface area contributed by atoms with E-state index < -0.39 is 10.0 Å². The van der Waals surface area contributed by atoms with Crippen molar-refractivity contribution in [2.45, 2.75) is 0 Å². The van der Waals surface area contributed by atoms with Crippen LogP contribution in [0.25, 0.3) is 10.8 Å². The normalized spacial score (nSPS) is 12.3. The van der Waals surface area contributed by atoms with Crippen LogP contribution in [-0.2, 0) is 10.0 Å². The van der Waals surface area contributed by atoms with Crippen LogP contribution < -0.4 is 0 Å². The first-order chi connectivity index (χ1) is 7.54. The monoisotopic (exact) mass is 233 g/mol. The highest BCUT2D eigenvalue weighted by atomic mass is 32.2. The Balaban J connectivity index is 2.44. The van der Waals surface area contributed by atoms with E-state index in [4.69, 9.17) is 0 Å². The molecular weight excluding hydrogens is 222 g/mol. The number of hydrogen-bond acceptors (Lipinski definition) is 2. The molecule has 16 heavy (non-hydrogen) atoms. The molecule has 0 radical (unpaired) electrons. The van der Waals surface area contributed by atoms with Gasteiger partial charge in [0.05, 0.1) is 6.26 Å². The maximum atomic E-state index is 10.9. The summed E-state index contributed by atoms with van der Waals surface area (Å²) < 4.78 is 25.2. The SMILES string of the molecule is CS(=O)(=O)/N=C/c1ccc2ccccc2c1. The van der Waals surface area contributed by atoms with Gasteiger partial charge in [0.2, 0.25) is 10.0 Å². The van der Waals surface area contributed by atoms with E-state index in [-0.39, 0.29) is 0 Å². The van der Waals surface area contributed by atoms with E-state index in [1.54, 1.807) is 0 Å². The molecule has 0 aliphatic rings. The Labute approximate surface area is 94.5 Å². The van der Waals surface area contributed by atoms with Gasteiger partial charge in [-0.25, -0.2) is 8.42 Å². The predicted molar refractivity (Wildman–Crippen MR) is 66.4 cm³/mol. The Bertz CT molecular complexity index is 645. The van der Waals surface area contributed by atoms with Crippen LogP contribution in [0.15, 0.2) is 46.9 Å². The van der Waals surface area contributed by atoms with Gasteiger partial charge in [0, 0.05) is 6.21 Å². The Hall–Kier alpha value is -1.68. The molecule has 0 aliphatic heterocycles. The summed E-state index contributed by atoms with van der Waals surface area (Å²) >= 11 is 0. The molecule has 82 valence electrons. The minimum atomic E-state index is -3.31. The van der Waals surface area contributed by atoms with Crippen LogP contribution in [0, 0.1) is 0 Å². The van der Waals surface area contributed by atoms with Gasteiger partial charge in [0.15, 0.2) is 0 Å². The Morgan fingerprint density at radius 3 is 2.44 bits per heavy atom. The van der Waals surface area contributed by atoms with E-state index in [9.17, 15) is 8.42 Å². The van der Waals surface area contributed by atoms with Crippen LogP contribution in [0.3, 0.4) is 0 Å². The van der Waals surface area contributed by atoms with E-state index in [0.29, 0.717) is 0 Å². The van der Waals surface area contributed by atoms with Crippen molar-refractivity contribution in [2.24, 2.45) is 4.40 Å². The van der Waals surface area contributed by atoms with Gasteiger partial charge in [-0.05, 0) is 22.4 Å². The van der Waals surface area contributed by atoms with Crippen molar-refractivity contribution in [2.75, 3.05) is 6.26 Å². The number of fused-ring (bicyclic) bond motifs is 1. The summed E-state index contributed by atoms with van der Waals surface area (Å²) in [7, 11) is -3.31. The fourth-order valence-electron chi connectivity index (χ4n) is 1.44. The molecule has 0 amide bonds. The van der Waals surface area contributed by atoms with Crippen molar-refractivity contribution in [3.63, 3.8) is 0 Å². The molecule has 0 heterocycles. The van der Waals surface area contributed by atoms with Gasteiger partial charge < -0.3 is 0 Å². The molecule has 0 fully saturated rings. The van der Waals surface area contributed by atoms with Gasteiger partial charge in [0.25, 0.3) is 0 Å². The fraction of sp³-hybridized carbons (Fsp3) is 0.0833. The van der Waals surface area contributed by atoms with Gasteiger partial charge in [0.1, 0.15) is 0 Å². The summed E-state index contributed by atoms with van der Waals surface area (Å²) in [4.78, 5) is 0. The molecule has 2 rings (SSSR count). The Morgan fingerprint density at radius 2 is 1.75 bits per heavy atom. The summed E-state index contributed by atoms with van der Waals surface area (Å²) in [5.41, 5.74) is 0.782. The Morgan fingerprint density at radius 1 is 1.06 bits per heavy atom. The van der Waals surface area contributed by atoms with Crippen molar-refractivity contribution in [3.05, 3.63) is 48.0 Å². The fourth-order valence-corrected chi connectivity index (χ4v) is 1.76. The van der Waals surface area contributed by atoms with Crippen LogP contribution in [0.5, 0.6) is 0 Å². The summed E-state index contributed by atoms with van der Waals surface area (Å²) in [5.74, 6) is 0. The summed E-state index contributed by atoms with van der Waals surface area (Å²) in [5, 5.41) is 2.19. The minimum absolute atomic E-state index is 0.782. The number of hydrogen-bond donors (Lipinski definition) is 0. The van der Waals surface area contributed by atoms with Gasteiger partial charge in [-0.15, -0.1) is 0 Å². The molecule has 0 aliphatic carbocycles. The number of nitrogens with zero attached hydrogens (tertiary/aromatic N) is 1. The summed E-state index contributed by atoms with van der Waals surface area (Å²) in [6.07, 6.45) is 2.44. The largest absolute Gasteiger partial charge is 0.250 e. The molecule has 2 aromatic rings. The lowest BCUT2D eigenvalue weighted by atomic mass is 10.1. The third kappa shape index (κ3) is 2.67.